The lowest BCUT2D eigenvalue weighted by molar-refractivity contribution is -0.172. The van der Waals surface area contributed by atoms with E-state index >= 15 is 0 Å². The van der Waals surface area contributed by atoms with E-state index in [2.05, 4.69) is 4.74 Å². The Kier molecular flexibility index (Phi) is 5.72. The third kappa shape index (κ3) is 3.64. The van der Waals surface area contributed by atoms with Gasteiger partial charge in [-0.15, -0.1) is 0 Å². The van der Waals surface area contributed by atoms with Gasteiger partial charge in [-0.25, -0.2) is 4.79 Å². The van der Waals surface area contributed by atoms with Crippen molar-refractivity contribution in [1.29, 1.82) is 0 Å². The highest BCUT2D eigenvalue weighted by Crippen LogP contribution is 2.17. The smallest absolute Gasteiger partial charge is 0.340 e. The summed E-state index contributed by atoms with van der Waals surface area (Å²) in [6.45, 7) is 3.32. The van der Waals surface area contributed by atoms with E-state index in [0.29, 0.717) is 6.42 Å². The van der Waals surface area contributed by atoms with Crippen molar-refractivity contribution in [2.75, 3.05) is 7.11 Å². The van der Waals surface area contributed by atoms with E-state index < -0.39 is 17.7 Å². The van der Waals surface area contributed by atoms with Crippen molar-refractivity contribution in [3.63, 3.8) is 0 Å². The van der Waals surface area contributed by atoms with Crippen LogP contribution in [-0.4, -0.2) is 35.0 Å². The molecule has 0 rings (SSSR count). The van der Waals surface area contributed by atoms with Gasteiger partial charge in [0.25, 0.3) is 0 Å². The molecule has 0 aliphatic heterocycles. The van der Waals surface area contributed by atoms with Gasteiger partial charge in [-0.2, -0.15) is 0 Å². The monoisotopic (exact) mass is 204 g/mol. The highest BCUT2D eigenvalue weighted by atomic mass is 16.5. The molecule has 0 aliphatic rings. The van der Waals surface area contributed by atoms with Crippen LogP contribution in [-0.2, 0) is 9.53 Å². The standard InChI is InChI=1S/C10H20O4/c1-4-5-6-7-8(11)10(2,13)9(12)14-3/h8,11,13H,4-7H2,1-3H3/t8-,10+/m1/s1. The Hall–Kier alpha value is -0.610. The molecule has 0 amide bonds. The number of esters is 1. The minimum absolute atomic E-state index is 0.413. The summed E-state index contributed by atoms with van der Waals surface area (Å²) >= 11 is 0. The van der Waals surface area contributed by atoms with Gasteiger partial charge in [0.2, 0.25) is 0 Å². The topological polar surface area (TPSA) is 66.8 Å². The van der Waals surface area contributed by atoms with E-state index in [0.717, 1.165) is 19.3 Å². The van der Waals surface area contributed by atoms with Gasteiger partial charge in [0.15, 0.2) is 5.60 Å². The maximum absolute atomic E-state index is 11.1. The van der Waals surface area contributed by atoms with Crippen LogP contribution >= 0.6 is 0 Å². The Bertz CT molecular complexity index is 177. The summed E-state index contributed by atoms with van der Waals surface area (Å²) in [4.78, 5) is 11.1. The maximum atomic E-state index is 11.1. The number of carbonyl (C=O) groups is 1. The molecular formula is C10H20O4. The summed E-state index contributed by atoms with van der Waals surface area (Å²) in [5, 5.41) is 19.2. The van der Waals surface area contributed by atoms with Gasteiger partial charge in [-0.3, -0.25) is 0 Å². The fourth-order valence-electron chi connectivity index (χ4n) is 1.21. The van der Waals surface area contributed by atoms with E-state index in [9.17, 15) is 15.0 Å². The zero-order chi connectivity index (χ0) is 11.2. The average molecular weight is 204 g/mol. The van der Waals surface area contributed by atoms with Crippen LogP contribution in [0.2, 0.25) is 0 Å². The minimum Gasteiger partial charge on any atom is -0.467 e. The molecule has 2 atom stereocenters. The molecule has 0 heterocycles. The summed E-state index contributed by atoms with van der Waals surface area (Å²) in [6.07, 6.45) is 2.17. The average Bonchev–Trinajstić information content (AvgIpc) is 2.16. The SMILES string of the molecule is CCCCC[C@@H](O)[C@](C)(O)C(=O)OC. The number of aliphatic hydroxyl groups excluding tert-OH is 1. The van der Waals surface area contributed by atoms with Crippen LogP contribution in [0.1, 0.15) is 39.5 Å². The molecule has 0 aromatic carbocycles. The molecular weight excluding hydrogens is 184 g/mol. The van der Waals surface area contributed by atoms with Crippen molar-refractivity contribution >= 4 is 5.97 Å². The lowest BCUT2D eigenvalue weighted by Gasteiger charge is -2.25. The van der Waals surface area contributed by atoms with E-state index in [4.69, 9.17) is 0 Å². The Morgan fingerprint density at radius 3 is 2.50 bits per heavy atom. The number of hydrogen-bond acceptors (Lipinski definition) is 4. The van der Waals surface area contributed by atoms with Gasteiger partial charge < -0.3 is 14.9 Å². The highest BCUT2D eigenvalue weighted by Gasteiger charge is 2.38. The van der Waals surface area contributed by atoms with Crippen molar-refractivity contribution in [2.45, 2.75) is 51.2 Å². The largest absolute Gasteiger partial charge is 0.467 e. The molecule has 0 saturated carbocycles. The van der Waals surface area contributed by atoms with Crippen LogP contribution in [0.4, 0.5) is 0 Å². The highest BCUT2D eigenvalue weighted by molar-refractivity contribution is 5.79. The third-order valence-corrected chi connectivity index (χ3v) is 2.33. The van der Waals surface area contributed by atoms with Crippen molar-refractivity contribution in [3.8, 4) is 0 Å². The van der Waals surface area contributed by atoms with Gasteiger partial charge in [0.1, 0.15) is 0 Å². The third-order valence-electron chi connectivity index (χ3n) is 2.33. The maximum Gasteiger partial charge on any atom is 0.340 e. The molecule has 4 nitrogen and oxygen atoms in total. The van der Waals surface area contributed by atoms with Gasteiger partial charge in [-0.1, -0.05) is 26.2 Å². The number of methoxy groups -OCH3 is 1. The van der Waals surface area contributed by atoms with Gasteiger partial charge in [-0.05, 0) is 13.3 Å². The van der Waals surface area contributed by atoms with Crippen LogP contribution in [0, 0.1) is 0 Å². The Balaban J connectivity index is 4.07. The molecule has 2 N–H and O–H groups in total. The second-order valence-electron chi connectivity index (χ2n) is 3.65. The summed E-state index contributed by atoms with van der Waals surface area (Å²) in [5.74, 6) is -0.790. The second-order valence-corrected chi connectivity index (χ2v) is 3.65. The first kappa shape index (κ1) is 13.4. The minimum atomic E-state index is -1.79. The first-order valence-corrected chi connectivity index (χ1v) is 4.95. The molecule has 14 heavy (non-hydrogen) atoms. The zero-order valence-electron chi connectivity index (χ0n) is 9.12. The summed E-state index contributed by atoms with van der Waals surface area (Å²) in [6, 6.07) is 0. The molecule has 0 spiro atoms. The number of hydrogen-bond donors (Lipinski definition) is 2. The number of unbranched alkanes of at least 4 members (excludes halogenated alkanes) is 2. The molecule has 0 fully saturated rings. The molecule has 4 heteroatoms. The van der Waals surface area contributed by atoms with Crippen molar-refractivity contribution < 1.29 is 19.7 Å². The van der Waals surface area contributed by atoms with E-state index in [1.807, 2.05) is 6.92 Å². The molecule has 84 valence electrons. The fraction of sp³-hybridized carbons (Fsp3) is 0.900. The fourth-order valence-corrected chi connectivity index (χ4v) is 1.21. The molecule has 0 saturated heterocycles. The first-order chi connectivity index (χ1) is 6.46. The normalized spacial score (nSPS) is 17.2. The van der Waals surface area contributed by atoms with Crippen molar-refractivity contribution in [3.05, 3.63) is 0 Å². The predicted molar refractivity (Wildman–Crippen MR) is 52.8 cm³/mol. The van der Waals surface area contributed by atoms with Gasteiger partial charge >= 0.3 is 5.97 Å². The van der Waals surface area contributed by atoms with Gasteiger partial charge in [0.05, 0.1) is 13.2 Å². The Labute approximate surface area is 84.9 Å². The summed E-state index contributed by atoms with van der Waals surface area (Å²) < 4.78 is 4.39. The molecule has 0 radical (unpaired) electrons. The zero-order valence-corrected chi connectivity index (χ0v) is 9.12. The van der Waals surface area contributed by atoms with Crippen LogP contribution in [0.5, 0.6) is 0 Å². The number of ether oxygens (including phenoxy) is 1. The number of rotatable bonds is 6. The molecule has 0 aliphatic carbocycles. The summed E-state index contributed by atoms with van der Waals surface area (Å²) in [5.41, 5.74) is -1.79. The van der Waals surface area contributed by atoms with Gasteiger partial charge in [0, 0.05) is 0 Å². The molecule has 0 unspecified atom stereocenters. The molecule has 0 aromatic heterocycles. The molecule has 0 aromatic rings. The lowest BCUT2D eigenvalue weighted by Crippen LogP contribution is -2.47. The van der Waals surface area contributed by atoms with Crippen molar-refractivity contribution in [1.82, 2.24) is 0 Å². The Morgan fingerprint density at radius 2 is 2.07 bits per heavy atom. The van der Waals surface area contributed by atoms with Crippen LogP contribution in [0.3, 0.4) is 0 Å². The van der Waals surface area contributed by atoms with Crippen LogP contribution in [0.15, 0.2) is 0 Å². The Morgan fingerprint density at radius 1 is 1.50 bits per heavy atom. The predicted octanol–water partition coefficient (Wildman–Crippen LogP) is 0.852. The molecule has 0 bridgehead atoms. The van der Waals surface area contributed by atoms with Crippen molar-refractivity contribution in [2.24, 2.45) is 0 Å². The quantitative estimate of drug-likeness (QED) is 0.497. The summed E-state index contributed by atoms with van der Waals surface area (Å²) in [7, 11) is 1.19. The lowest BCUT2D eigenvalue weighted by atomic mass is 9.94. The second kappa shape index (κ2) is 5.98. The van der Waals surface area contributed by atoms with E-state index in [1.165, 1.54) is 14.0 Å². The van der Waals surface area contributed by atoms with Crippen LogP contribution < -0.4 is 0 Å². The van der Waals surface area contributed by atoms with E-state index in [-0.39, 0.29) is 0 Å². The van der Waals surface area contributed by atoms with E-state index in [1.54, 1.807) is 0 Å². The van der Waals surface area contributed by atoms with Crippen LogP contribution in [0.25, 0.3) is 0 Å². The number of aliphatic hydroxyl groups is 2. The first-order valence-electron chi connectivity index (χ1n) is 4.95. The number of carbonyl (C=O) groups excluding carboxylic acids is 1.